The maximum atomic E-state index is 2.04. The van der Waals surface area contributed by atoms with E-state index in [0.717, 1.165) is 0 Å². The van der Waals surface area contributed by atoms with Crippen LogP contribution in [0.25, 0.3) is 0 Å². The highest BCUT2D eigenvalue weighted by Crippen LogP contribution is 2.06. The lowest BCUT2D eigenvalue weighted by atomic mass is 10.5. The van der Waals surface area contributed by atoms with Crippen molar-refractivity contribution in [3.05, 3.63) is 70.2 Å². The maximum absolute atomic E-state index is 2.04. The first kappa shape index (κ1) is 11.2. The first-order chi connectivity index (χ1) is 7.00. The van der Waals surface area contributed by atoms with E-state index in [-0.39, 0.29) is 0 Å². The predicted octanol–water partition coefficient (Wildman–Crippen LogP) is 4.63. The molecule has 0 saturated heterocycles. The Hall–Kier alpha value is -0.860. The molecular formula is C12H12S2. The fraction of sp³-hybridized carbons (Fsp3) is 0. The molecule has 0 unspecified atom stereocenters. The Bertz CT molecular complexity index is 244. The van der Waals surface area contributed by atoms with Crippen molar-refractivity contribution in [1.29, 1.82) is 0 Å². The summed E-state index contributed by atoms with van der Waals surface area (Å²) in [6, 6.07) is 0. The lowest BCUT2D eigenvalue weighted by Gasteiger charge is -1.69. The van der Waals surface area contributed by atoms with E-state index in [2.05, 4.69) is 0 Å². The van der Waals surface area contributed by atoms with E-state index in [1.54, 1.807) is 23.5 Å². The summed E-state index contributed by atoms with van der Waals surface area (Å²) in [5, 5.41) is 8.17. The molecule has 14 heavy (non-hydrogen) atoms. The van der Waals surface area contributed by atoms with Crippen LogP contribution < -0.4 is 0 Å². The molecule has 0 bridgehead atoms. The minimum absolute atomic E-state index is 1.69. The molecule has 2 aliphatic heterocycles. The van der Waals surface area contributed by atoms with Gasteiger partial charge in [0.25, 0.3) is 0 Å². The minimum Gasteiger partial charge on any atom is -0.106 e. The third-order valence-electron chi connectivity index (χ3n) is 1.30. The van der Waals surface area contributed by atoms with Gasteiger partial charge in [0.2, 0.25) is 0 Å². The summed E-state index contributed by atoms with van der Waals surface area (Å²) in [4.78, 5) is 0. The highest BCUT2D eigenvalue weighted by atomic mass is 32.2. The van der Waals surface area contributed by atoms with Crippen LogP contribution in [0.1, 0.15) is 0 Å². The molecule has 0 nitrogen and oxygen atoms in total. The molecule has 72 valence electrons. The molecule has 0 saturated carbocycles. The summed E-state index contributed by atoms with van der Waals surface area (Å²) < 4.78 is 0. The van der Waals surface area contributed by atoms with Gasteiger partial charge in [-0.3, -0.25) is 0 Å². The van der Waals surface area contributed by atoms with Crippen LogP contribution in [0.3, 0.4) is 0 Å². The molecule has 0 aromatic carbocycles. The van der Waals surface area contributed by atoms with E-state index in [4.69, 9.17) is 0 Å². The molecule has 0 radical (unpaired) electrons. The molecule has 2 heterocycles. The van der Waals surface area contributed by atoms with Crippen molar-refractivity contribution in [2.24, 2.45) is 0 Å². The third kappa shape index (κ3) is 6.63. The third-order valence-corrected chi connectivity index (χ3v) is 2.55. The lowest BCUT2D eigenvalue weighted by Crippen LogP contribution is -1.38. The number of thioether (sulfide) groups is 2. The van der Waals surface area contributed by atoms with Crippen molar-refractivity contribution in [1.82, 2.24) is 0 Å². The number of hydrogen-bond acceptors (Lipinski definition) is 2. The molecular weight excluding hydrogens is 208 g/mol. The molecule has 0 aromatic heterocycles. The smallest absolute Gasteiger partial charge is 0.0248 e. The molecule has 0 aromatic rings. The van der Waals surface area contributed by atoms with Gasteiger partial charge in [0.05, 0.1) is 0 Å². The topological polar surface area (TPSA) is 0 Å². The van der Waals surface area contributed by atoms with Gasteiger partial charge >= 0.3 is 0 Å². The number of hydrogen-bond donors (Lipinski definition) is 0. The minimum atomic E-state index is 1.69. The first-order valence-electron chi connectivity index (χ1n) is 4.28. The van der Waals surface area contributed by atoms with E-state index in [0.29, 0.717) is 0 Å². The van der Waals surface area contributed by atoms with Crippen LogP contribution >= 0.6 is 23.5 Å². The molecule has 2 heteroatoms. The zero-order valence-corrected chi connectivity index (χ0v) is 9.38. The molecule has 0 fully saturated rings. The monoisotopic (exact) mass is 220 g/mol. The van der Waals surface area contributed by atoms with E-state index in [1.807, 2.05) is 70.2 Å². The highest BCUT2D eigenvalue weighted by molar-refractivity contribution is 8.05. The van der Waals surface area contributed by atoms with Crippen molar-refractivity contribution < 1.29 is 0 Å². The van der Waals surface area contributed by atoms with Crippen LogP contribution in [0.2, 0.25) is 0 Å². The van der Waals surface area contributed by atoms with Crippen LogP contribution in [0.15, 0.2) is 70.2 Å². The van der Waals surface area contributed by atoms with Gasteiger partial charge in [-0.05, 0) is 21.6 Å². The Morgan fingerprint density at radius 1 is 0.357 bits per heavy atom. The first-order valence-corrected chi connectivity index (χ1v) is 6.16. The van der Waals surface area contributed by atoms with Crippen LogP contribution in [-0.4, -0.2) is 0 Å². The van der Waals surface area contributed by atoms with Crippen LogP contribution in [-0.2, 0) is 0 Å². The van der Waals surface area contributed by atoms with Crippen LogP contribution in [0.4, 0.5) is 0 Å². The van der Waals surface area contributed by atoms with E-state index < -0.39 is 0 Å². The second-order valence-corrected chi connectivity index (χ2v) is 3.99. The average Bonchev–Trinajstić information content (AvgIpc) is 2.68. The van der Waals surface area contributed by atoms with E-state index in [9.17, 15) is 0 Å². The SMILES string of the molecule is C1=CC=CSC=C1.C1=CC=CSC=C1. The van der Waals surface area contributed by atoms with Gasteiger partial charge in [0.15, 0.2) is 0 Å². The van der Waals surface area contributed by atoms with Gasteiger partial charge in [-0.2, -0.15) is 0 Å². The number of allylic oxidation sites excluding steroid dienone is 8. The fourth-order valence-corrected chi connectivity index (χ4v) is 1.62. The van der Waals surface area contributed by atoms with Gasteiger partial charge in [0.1, 0.15) is 0 Å². The average molecular weight is 220 g/mol. The molecule has 0 atom stereocenters. The number of rotatable bonds is 0. The zero-order chi connectivity index (χ0) is 9.90. The van der Waals surface area contributed by atoms with Crippen molar-refractivity contribution in [3.8, 4) is 0 Å². The zero-order valence-electron chi connectivity index (χ0n) is 7.74. The van der Waals surface area contributed by atoms with Gasteiger partial charge in [-0.15, -0.1) is 23.5 Å². The quantitative estimate of drug-likeness (QED) is 0.583. The van der Waals surface area contributed by atoms with Gasteiger partial charge in [-0.25, -0.2) is 0 Å². The molecule has 0 spiro atoms. The lowest BCUT2D eigenvalue weighted by molar-refractivity contribution is 1.98. The standard InChI is InChI=1S/2C6H6S/c2*1-2-4-6-7-5-3-1/h2*1-6H. The summed E-state index contributed by atoms with van der Waals surface area (Å²) in [7, 11) is 0. The Morgan fingerprint density at radius 3 is 0.929 bits per heavy atom. The highest BCUT2D eigenvalue weighted by Gasteiger charge is 1.71. The Kier molecular flexibility index (Phi) is 6.99. The van der Waals surface area contributed by atoms with Crippen molar-refractivity contribution in [3.63, 3.8) is 0 Å². The largest absolute Gasteiger partial charge is 0.106 e. The molecule has 2 rings (SSSR count). The molecule has 2 aliphatic rings. The molecule has 0 amide bonds. The summed E-state index contributed by atoms with van der Waals surface area (Å²) >= 11 is 3.38. The molecule has 0 aliphatic carbocycles. The summed E-state index contributed by atoms with van der Waals surface area (Å²) in [5.74, 6) is 0. The normalized spacial score (nSPS) is 17.1. The Morgan fingerprint density at radius 2 is 0.643 bits per heavy atom. The van der Waals surface area contributed by atoms with Crippen molar-refractivity contribution in [2.45, 2.75) is 0 Å². The van der Waals surface area contributed by atoms with Gasteiger partial charge in [-0.1, -0.05) is 48.6 Å². The van der Waals surface area contributed by atoms with Crippen LogP contribution in [0.5, 0.6) is 0 Å². The maximum Gasteiger partial charge on any atom is -0.0248 e. The second-order valence-electron chi connectivity index (χ2n) is 2.36. The predicted molar refractivity (Wildman–Crippen MR) is 70.0 cm³/mol. The van der Waals surface area contributed by atoms with Gasteiger partial charge in [0, 0.05) is 0 Å². The van der Waals surface area contributed by atoms with Crippen LogP contribution in [0, 0.1) is 0 Å². The molecule has 0 N–H and O–H groups in total. The van der Waals surface area contributed by atoms with E-state index >= 15 is 0 Å². The Labute approximate surface area is 93.9 Å². The summed E-state index contributed by atoms with van der Waals surface area (Å²) in [6.07, 6.45) is 16.1. The summed E-state index contributed by atoms with van der Waals surface area (Å²) in [5.41, 5.74) is 0. The van der Waals surface area contributed by atoms with E-state index in [1.165, 1.54) is 0 Å². The van der Waals surface area contributed by atoms with Gasteiger partial charge < -0.3 is 0 Å². The second kappa shape index (κ2) is 8.73. The summed E-state index contributed by atoms with van der Waals surface area (Å²) in [6.45, 7) is 0. The fourth-order valence-electron chi connectivity index (χ4n) is 0.710. The Balaban J connectivity index is 0.000000140. The van der Waals surface area contributed by atoms with Crippen molar-refractivity contribution >= 4 is 23.5 Å². The van der Waals surface area contributed by atoms with Crippen molar-refractivity contribution in [2.75, 3.05) is 0 Å².